The highest BCUT2D eigenvalue weighted by atomic mass is 16.2. The van der Waals surface area contributed by atoms with Crippen molar-refractivity contribution >= 4 is 28.6 Å². The first-order valence-electron chi connectivity index (χ1n) is 11.1. The quantitative estimate of drug-likeness (QED) is 0.418. The monoisotopic (exact) mass is 452 g/mol. The van der Waals surface area contributed by atoms with Crippen molar-refractivity contribution in [3.05, 3.63) is 95.1 Å². The van der Waals surface area contributed by atoms with Crippen LogP contribution in [-0.2, 0) is 9.59 Å². The maximum Gasteiger partial charge on any atom is 0.255 e. The number of hydrogen-bond donors (Lipinski definition) is 3. The number of H-pyrrole nitrogens is 1. The van der Waals surface area contributed by atoms with Crippen LogP contribution in [0.4, 0.5) is 0 Å². The summed E-state index contributed by atoms with van der Waals surface area (Å²) in [6.07, 6.45) is 0. The van der Waals surface area contributed by atoms with Gasteiger partial charge in [-0.15, -0.1) is 0 Å². The minimum absolute atomic E-state index is 0.196. The van der Waals surface area contributed by atoms with Gasteiger partial charge in [0.1, 0.15) is 6.54 Å². The lowest BCUT2D eigenvalue weighted by Gasteiger charge is -2.26. The van der Waals surface area contributed by atoms with E-state index in [1.165, 1.54) is 0 Å². The van der Waals surface area contributed by atoms with Crippen molar-refractivity contribution in [1.82, 2.24) is 15.2 Å². The van der Waals surface area contributed by atoms with Crippen molar-refractivity contribution in [2.24, 2.45) is 5.73 Å². The molecule has 0 fully saturated rings. The zero-order chi connectivity index (χ0) is 23.8. The third-order valence-electron chi connectivity index (χ3n) is 6.19. The second kappa shape index (κ2) is 8.51. The lowest BCUT2D eigenvalue weighted by molar-refractivity contribution is -0.125. The number of fused-ring (bicyclic) bond motifs is 2. The highest BCUT2D eigenvalue weighted by Crippen LogP contribution is 2.45. The maximum absolute atomic E-state index is 13.4. The summed E-state index contributed by atoms with van der Waals surface area (Å²) in [6.45, 7) is 1.56. The molecule has 4 aromatic rings. The third-order valence-corrected chi connectivity index (χ3v) is 6.19. The number of para-hydroxylation sites is 1. The molecule has 1 aromatic heterocycles. The van der Waals surface area contributed by atoms with Crippen LogP contribution >= 0.6 is 0 Å². The van der Waals surface area contributed by atoms with Crippen molar-refractivity contribution in [3.63, 3.8) is 0 Å². The Morgan fingerprint density at radius 1 is 1.00 bits per heavy atom. The minimum atomic E-state index is -0.640. The van der Waals surface area contributed by atoms with E-state index >= 15 is 0 Å². The van der Waals surface area contributed by atoms with Gasteiger partial charge >= 0.3 is 0 Å². The SMILES string of the molecule is Cc1ccc(-c2[nH]c3ccccc3c2[C@H]2c3ccccc3C(=O)N2CC(=O)NCC(N)=O)cc1. The molecule has 0 aliphatic carbocycles. The molecular weight excluding hydrogens is 428 g/mol. The standard InChI is InChI=1S/C27H24N4O3/c1-16-10-12-17(13-11-16)25-24(20-8-4-5-9-21(20)30-25)26-18-6-2-3-7-19(18)27(34)31(26)15-23(33)29-14-22(28)32/h2-13,26,30H,14-15H2,1H3,(H2,28,32)(H,29,33)/t26-/m1/s1. The van der Waals surface area contributed by atoms with Crippen molar-refractivity contribution in [1.29, 1.82) is 0 Å². The number of aryl methyl sites for hydroxylation is 1. The first-order valence-corrected chi connectivity index (χ1v) is 11.1. The number of hydrogen-bond acceptors (Lipinski definition) is 3. The van der Waals surface area contributed by atoms with Crippen LogP contribution in [0.25, 0.3) is 22.2 Å². The van der Waals surface area contributed by atoms with Crippen molar-refractivity contribution < 1.29 is 14.4 Å². The van der Waals surface area contributed by atoms with Crippen LogP contribution in [-0.4, -0.2) is 40.7 Å². The van der Waals surface area contributed by atoms with Crippen LogP contribution in [0.1, 0.15) is 33.1 Å². The summed E-state index contributed by atoms with van der Waals surface area (Å²) in [5.41, 5.74) is 11.5. The zero-order valence-electron chi connectivity index (χ0n) is 18.7. The molecule has 0 unspecified atom stereocenters. The van der Waals surface area contributed by atoms with Crippen LogP contribution < -0.4 is 11.1 Å². The summed E-state index contributed by atoms with van der Waals surface area (Å²) in [5, 5.41) is 3.48. The molecule has 0 spiro atoms. The predicted octanol–water partition coefficient (Wildman–Crippen LogP) is 3.29. The lowest BCUT2D eigenvalue weighted by Crippen LogP contribution is -2.42. The molecule has 1 aliphatic rings. The van der Waals surface area contributed by atoms with Gasteiger partial charge in [0.05, 0.1) is 18.3 Å². The summed E-state index contributed by atoms with van der Waals surface area (Å²) >= 11 is 0. The largest absolute Gasteiger partial charge is 0.368 e. The number of rotatable bonds is 6. The zero-order valence-corrected chi connectivity index (χ0v) is 18.7. The molecule has 2 heterocycles. The molecule has 4 N–H and O–H groups in total. The van der Waals surface area contributed by atoms with E-state index in [0.29, 0.717) is 5.56 Å². The molecule has 1 aliphatic heterocycles. The van der Waals surface area contributed by atoms with Crippen molar-refractivity contribution in [2.45, 2.75) is 13.0 Å². The summed E-state index contributed by atoms with van der Waals surface area (Å²) in [7, 11) is 0. The Bertz CT molecular complexity index is 1420. The molecule has 7 heteroatoms. The van der Waals surface area contributed by atoms with Gasteiger partial charge in [-0.05, 0) is 30.2 Å². The Labute approximate surface area is 196 Å². The molecule has 1 atom stereocenters. The highest BCUT2D eigenvalue weighted by Gasteiger charge is 2.40. The third kappa shape index (κ3) is 3.71. The highest BCUT2D eigenvalue weighted by molar-refractivity contribution is 6.03. The van der Waals surface area contributed by atoms with Gasteiger partial charge < -0.3 is 20.9 Å². The van der Waals surface area contributed by atoms with E-state index in [9.17, 15) is 14.4 Å². The van der Waals surface area contributed by atoms with E-state index in [4.69, 9.17) is 5.73 Å². The normalized spacial score (nSPS) is 14.9. The van der Waals surface area contributed by atoms with Crippen LogP contribution in [0, 0.1) is 6.92 Å². The number of carbonyl (C=O) groups is 3. The molecule has 0 bridgehead atoms. The average Bonchev–Trinajstić information content (AvgIpc) is 3.34. The Balaban J connectivity index is 1.68. The predicted molar refractivity (Wildman–Crippen MR) is 130 cm³/mol. The fourth-order valence-corrected chi connectivity index (χ4v) is 4.64. The van der Waals surface area contributed by atoms with Crippen LogP contribution in [0.2, 0.25) is 0 Å². The summed E-state index contributed by atoms with van der Waals surface area (Å²) in [5.74, 6) is -1.31. The molecule has 5 rings (SSSR count). The van der Waals surface area contributed by atoms with Gasteiger partial charge in [0.15, 0.2) is 0 Å². The molecule has 0 saturated carbocycles. The van der Waals surface area contributed by atoms with Crippen LogP contribution in [0.3, 0.4) is 0 Å². The number of aromatic nitrogens is 1. The number of nitrogens with zero attached hydrogens (tertiary/aromatic N) is 1. The van der Waals surface area contributed by atoms with Gasteiger partial charge in [-0.25, -0.2) is 0 Å². The minimum Gasteiger partial charge on any atom is -0.368 e. The molecule has 3 amide bonds. The molecule has 0 radical (unpaired) electrons. The van der Waals surface area contributed by atoms with Gasteiger partial charge in [-0.2, -0.15) is 0 Å². The second-order valence-electron chi connectivity index (χ2n) is 8.49. The fourth-order valence-electron chi connectivity index (χ4n) is 4.64. The van der Waals surface area contributed by atoms with E-state index in [1.54, 1.807) is 11.0 Å². The summed E-state index contributed by atoms with van der Waals surface area (Å²) < 4.78 is 0. The first kappa shape index (κ1) is 21.5. The van der Waals surface area contributed by atoms with Crippen molar-refractivity contribution in [3.8, 4) is 11.3 Å². The number of amides is 3. The van der Waals surface area contributed by atoms with Gasteiger partial charge in [0, 0.05) is 22.0 Å². The summed E-state index contributed by atoms with van der Waals surface area (Å²) in [4.78, 5) is 42.3. The summed E-state index contributed by atoms with van der Waals surface area (Å²) in [6, 6.07) is 23.1. The van der Waals surface area contributed by atoms with E-state index in [2.05, 4.69) is 22.4 Å². The Morgan fingerprint density at radius 3 is 2.47 bits per heavy atom. The van der Waals surface area contributed by atoms with E-state index < -0.39 is 17.9 Å². The molecule has 170 valence electrons. The average molecular weight is 453 g/mol. The Kier molecular flexibility index (Phi) is 5.37. The van der Waals surface area contributed by atoms with Gasteiger partial charge in [-0.1, -0.05) is 66.2 Å². The van der Waals surface area contributed by atoms with Gasteiger partial charge in [0.2, 0.25) is 11.8 Å². The van der Waals surface area contributed by atoms with E-state index in [-0.39, 0.29) is 19.0 Å². The Morgan fingerprint density at radius 2 is 1.71 bits per heavy atom. The van der Waals surface area contributed by atoms with Gasteiger partial charge in [-0.3, -0.25) is 14.4 Å². The molecule has 7 nitrogen and oxygen atoms in total. The van der Waals surface area contributed by atoms with Gasteiger partial charge in [0.25, 0.3) is 5.91 Å². The van der Waals surface area contributed by atoms with Crippen LogP contribution in [0.15, 0.2) is 72.8 Å². The number of primary amides is 1. The maximum atomic E-state index is 13.4. The topological polar surface area (TPSA) is 108 Å². The lowest BCUT2D eigenvalue weighted by atomic mass is 9.93. The number of nitrogens with one attached hydrogen (secondary N) is 2. The molecule has 0 saturated heterocycles. The Hall–Kier alpha value is -4.39. The second-order valence-corrected chi connectivity index (χ2v) is 8.49. The number of nitrogens with two attached hydrogens (primary N) is 1. The number of carbonyl (C=O) groups excluding carboxylic acids is 3. The smallest absolute Gasteiger partial charge is 0.255 e. The molecular formula is C27H24N4O3. The molecule has 3 aromatic carbocycles. The van der Waals surface area contributed by atoms with Crippen LogP contribution in [0.5, 0.6) is 0 Å². The van der Waals surface area contributed by atoms with E-state index in [1.807, 2.05) is 61.5 Å². The van der Waals surface area contributed by atoms with Crippen molar-refractivity contribution in [2.75, 3.05) is 13.1 Å². The molecule has 34 heavy (non-hydrogen) atoms. The number of benzene rings is 3. The first-order chi connectivity index (χ1) is 16.4. The number of aromatic amines is 1. The fraction of sp³-hybridized carbons (Fsp3) is 0.148. The van der Waals surface area contributed by atoms with E-state index in [0.717, 1.165) is 38.9 Å².